The summed E-state index contributed by atoms with van der Waals surface area (Å²) >= 11 is 0.903. The van der Waals surface area contributed by atoms with Gasteiger partial charge in [-0.05, 0) is 30.3 Å². The highest BCUT2D eigenvalue weighted by Gasteiger charge is 2.33. The van der Waals surface area contributed by atoms with E-state index in [9.17, 15) is 18.5 Å². The number of nitro groups is 1. The molecule has 0 N–H and O–H groups in total. The highest BCUT2D eigenvalue weighted by Crippen LogP contribution is 2.39. The van der Waals surface area contributed by atoms with Crippen molar-refractivity contribution in [3.05, 3.63) is 82.9 Å². The summed E-state index contributed by atoms with van der Waals surface area (Å²) in [4.78, 5) is 10.9. The first kappa shape index (κ1) is 18.0. The standard InChI is InChI=1S/C18H12N4O4S2/c23-22(24)16-11-5-4-10-15(16)21(13-7-2-1-3-8-13)28(25,26)17-12-6-9-14-18(17)20-27-19-14/h1-12H. The molecule has 0 spiro atoms. The third-order valence-electron chi connectivity index (χ3n) is 4.06. The molecule has 1 aromatic heterocycles. The lowest BCUT2D eigenvalue weighted by molar-refractivity contribution is -0.384. The molecule has 3 aromatic carbocycles. The van der Waals surface area contributed by atoms with Crippen LogP contribution in [0.2, 0.25) is 0 Å². The van der Waals surface area contributed by atoms with E-state index in [4.69, 9.17) is 0 Å². The van der Waals surface area contributed by atoms with Gasteiger partial charge in [-0.3, -0.25) is 10.1 Å². The summed E-state index contributed by atoms with van der Waals surface area (Å²) in [5, 5.41) is 11.6. The van der Waals surface area contributed by atoms with Gasteiger partial charge in [-0.15, -0.1) is 0 Å². The van der Waals surface area contributed by atoms with Crippen molar-refractivity contribution in [1.82, 2.24) is 8.75 Å². The molecular weight excluding hydrogens is 400 g/mol. The van der Waals surface area contributed by atoms with Gasteiger partial charge in [-0.2, -0.15) is 8.75 Å². The number of anilines is 2. The van der Waals surface area contributed by atoms with Gasteiger partial charge in [0.2, 0.25) is 0 Å². The molecule has 0 saturated carbocycles. The number of para-hydroxylation sites is 3. The second-order valence-corrected chi connectivity index (χ2v) is 8.02. The summed E-state index contributed by atoms with van der Waals surface area (Å²) in [5.74, 6) is 0. The maximum absolute atomic E-state index is 13.7. The van der Waals surface area contributed by atoms with Crippen molar-refractivity contribution in [2.24, 2.45) is 0 Å². The number of nitro benzene ring substituents is 1. The van der Waals surface area contributed by atoms with Gasteiger partial charge >= 0.3 is 0 Å². The Morgan fingerprint density at radius 1 is 0.893 bits per heavy atom. The first-order valence-corrected chi connectivity index (χ1v) is 10.2. The topological polar surface area (TPSA) is 106 Å². The Morgan fingerprint density at radius 3 is 2.36 bits per heavy atom. The average Bonchev–Trinajstić information content (AvgIpc) is 3.18. The van der Waals surface area contributed by atoms with Crippen LogP contribution in [0.25, 0.3) is 11.0 Å². The van der Waals surface area contributed by atoms with Crippen LogP contribution in [0.4, 0.5) is 17.1 Å². The minimum absolute atomic E-state index is 0.0566. The van der Waals surface area contributed by atoms with Crippen molar-refractivity contribution in [3.63, 3.8) is 0 Å². The van der Waals surface area contributed by atoms with Crippen LogP contribution >= 0.6 is 11.7 Å². The quantitative estimate of drug-likeness (QED) is 0.360. The van der Waals surface area contributed by atoms with Crippen LogP contribution in [0.5, 0.6) is 0 Å². The third kappa shape index (κ3) is 2.98. The van der Waals surface area contributed by atoms with E-state index >= 15 is 0 Å². The molecular formula is C18H12N4O4S2. The number of sulfonamides is 1. The van der Waals surface area contributed by atoms with E-state index in [1.54, 1.807) is 48.5 Å². The zero-order valence-corrected chi connectivity index (χ0v) is 15.8. The molecule has 4 aromatic rings. The van der Waals surface area contributed by atoms with Crippen LogP contribution in [-0.2, 0) is 10.0 Å². The van der Waals surface area contributed by atoms with E-state index in [0.717, 1.165) is 16.0 Å². The lowest BCUT2D eigenvalue weighted by Gasteiger charge is -2.24. The Labute approximate surface area is 164 Å². The van der Waals surface area contributed by atoms with Gasteiger partial charge in [-0.1, -0.05) is 36.4 Å². The smallest absolute Gasteiger partial charge is 0.258 e. The van der Waals surface area contributed by atoms with Gasteiger partial charge in [0.05, 0.1) is 22.3 Å². The summed E-state index contributed by atoms with van der Waals surface area (Å²) in [6.07, 6.45) is 0. The normalized spacial score (nSPS) is 11.4. The highest BCUT2D eigenvalue weighted by atomic mass is 32.2. The molecule has 28 heavy (non-hydrogen) atoms. The van der Waals surface area contributed by atoms with Crippen molar-refractivity contribution < 1.29 is 13.3 Å². The van der Waals surface area contributed by atoms with Crippen LogP contribution in [0, 0.1) is 10.1 Å². The highest BCUT2D eigenvalue weighted by molar-refractivity contribution is 7.93. The Bertz CT molecular complexity index is 1270. The van der Waals surface area contributed by atoms with Crippen LogP contribution in [0.3, 0.4) is 0 Å². The second kappa shape index (κ2) is 6.98. The number of hydrogen-bond acceptors (Lipinski definition) is 7. The molecule has 0 fully saturated rings. The van der Waals surface area contributed by atoms with E-state index < -0.39 is 14.9 Å². The molecule has 4 rings (SSSR count). The van der Waals surface area contributed by atoms with E-state index in [1.165, 1.54) is 24.3 Å². The monoisotopic (exact) mass is 412 g/mol. The number of hydrogen-bond donors (Lipinski definition) is 0. The molecule has 10 heteroatoms. The molecule has 1 heterocycles. The maximum atomic E-state index is 13.7. The molecule has 140 valence electrons. The predicted molar refractivity (Wildman–Crippen MR) is 106 cm³/mol. The maximum Gasteiger partial charge on any atom is 0.293 e. The lowest BCUT2D eigenvalue weighted by atomic mass is 10.2. The van der Waals surface area contributed by atoms with Gasteiger partial charge in [0, 0.05) is 6.07 Å². The van der Waals surface area contributed by atoms with Crippen LogP contribution in [0.15, 0.2) is 77.7 Å². The SMILES string of the molecule is O=[N+]([O-])c1ccccc1N(c1ccccc1)S(=O)(=O)c1cccc2nsnc12. The predicted octanol–water partition coefficient (Wildman–Crippen LogP) is 4.13. The fraction of sp³-hybridized carbons (Fsp3) is 0. The van der Waals surface area contributed by atoms with Gasteiger partial charge in [0.15, 0.2) is 0 Å². The van der Waals surface area contributed by atoms with Gasteiger partial charge in [0.1, 0.15) is 21.6 Å². The largest absolute Gasteiger partial charge is 0.293 e. The first-order chi connectivity index (χ1) is 13.5. The fourth-order valence-electron chi connectivity index (χ4n) is 2.85. The molecule has 8 nitrogen and oxygen atoms in total. The van der Waals surface area contributed by atoms with Crippen molar-refractivity contribution in [3.8, 4) is 0 Å². The minimum Gasteiger partial charge on any atom is -0.258 e. The van der Waals surface area contributed by atoms with Crippen molar-refractivity contribution >= 4 is 49.8 Å². The van der Waals surface area contributed by atoms with Crippen LogP contribution < -0.4 is 4.31 Å². The van der Waals surface area contributed by atoms with Crippen LogP contribution in [0.1, 0.15) is 0 Å². The van der Waals surface area contributed by atoms with Crippen molar-refractivity contribution in [1.29, 1.82) is 0 Å². The number of nitrogens with zero attached hydrogens (tertiary/aromatic N) is 4. The molecule has 0 aliphatic heterocycles. The summed E-state index contributed by atoms with van der Waals surface area (Å²) in [7, 11) is -4.23. The Balaban J connectivity index is 2.02. The summed E-state index contributed by atoms with van der Waals surface area (Å²) in [6, 6.07) is 18.6. The summed E-state index contributed by atoms with van der Waals surface area (Å²) < 4.78 is 36.5. The van der Waals surface area contributed by atoms with Crippen LogP contribution in [-0.4, -0.2) is 22.1 Å². The average molecular weight is 412 g/mol. The van der Waals surface area contributed by atoms with E-state index in [2.05, 4.69) is 8.75 Å². The lowest BCUT2D eigenvalue weighted by Crippen LogP contribution is -2.27. The molecule has 0 aliphatic carbocycles. The first-order valence-electron chi connectivity index (χ1n) is 8.05. The van der Waals surface area contributed by atoms with Crippen molar-refractivity contribution in [2.75, 3.05) is 4.31 Å². The molecule has 0 radical (unpaired) electrons. The summed E-state index contributed by atoms with van der Waals surface area (Å²) in [6.45, 7) is 0. The van der Waals surface area contributed by atoms with E-state index in [-0.39, 0.29) is 27.5 Å². The molecule has 0 saturated heterocycles. The molecule has 0 aliphatic rings. The molecule has 0 amide bonds. The number of fused-ring (bicyclic) bond motifs is 1. The zero-order chi connectivity index (χ0) is 19.7. The third-order valence-corrected chi connectivity index (χ3v) is 6.37. The van der Waals surface area contributed by atoms with Gasteiger partial charge in [-0.25, -0.2) is 12.7 Å². The number of aromatic nitrogens is 2. The van der Waals surface area contributed by atoms with Gasteiger partial charge in [0.25, 0.3) is 15.7 Å². The number of rotatable bonds is 5. The van der Waals surface area contributed by atoms with E-state index in [0.29, 0.717) is 5.52 Å². The second-order valence-electron chi connectivity index (χ2n) is 5.74. The zero-order valence-electron chi connectivity index (χ0n) is 14.2. The molecule has 0 unspecified atom stereocenters. The Morgan fingerprint density at radius 2 is 1.61 bits per heavy atom. The molecule has 0 atom stereocenters. The molecule has 0 bridgehead atoms. The summed E-state index contributed by atoms with van der Waals surface area (Å²) in [5.41, 5.74) is 0.572. The van der Waals surface area contributed by atoms with Gasteiger partial charge < -0.3 is 0 Å². The van der Waals surface area contributed by atoms with E-state index in [1.807, 2.05) is 0 Å². The Kier molecular flexibility index (Phi) is 4.49. The van der Waals surface area contributed by atoms with Crippen molar-refractivity contribution in [2.45, 2.75) is 4.90 Å². The Hall–Kier alpha value is -3.37. The fourth-order valence-corrected chi connectivity index (χ4v) is 5.11. The number of benzene rings is 3. The minimum atomic E-state index is -4.23.